The Balaban J connectivity index is 1.68. The zero-order valence-corrected chi connectivity index (χ0v) is 11.7. The maximum absolute atomic E-state index is 4.63. The molecule has 0 bridgehead atoms. The molecule has 4 rings (SSSR count). The zero-order valence-electron chi connectivity index (χ0n) is 11.7. The number of rotatable bonds is 3. The highest BCUT2D eigenvalue weighted by molar-refractivity contribution is 5.76. The van der Waals surface area contributed by atoms with E-state index in [4.69, 9.17) is 0 Å². The molecule has 0 unspecified atom stereocenters. The van der Waals surface area contributed by atoms with Crippen LogP contribution in [0, 0.1) is 0 Å². The number of para-hydroxylation sites is 2. The van der Waals surface area contributed by atoms with Crippen LogP contribution in [0.2, 0.25) is 0 Å². The fourth-order valence-corrected chi connectivity index (χ4v) is 2.95. The van der Waals surface area contributed by atoms with Gasteiger partial charge in [-0.2, -0.15) is 4.98 Å². The summed E-state index contributed by atoms with van der Waals surface area (Å²) in [6.07, 6.45) is 8.62. The van der Waals surface area contributed by atoms with Gasteiger partial charge in [-0.3, -0.25) is 4.57 Å². The predicted octanol–water partition coefficient (Wildman–Crippen LogP) is 3.17. The first-order valence-electron chi connectivity index (χ1n) is 7.42. The van der Waals surface area contributed by atoms with Gasteiger partial charge in [0, 0.05) is 12.2 Å². The first-order chi connectivity index (χ1) is 10.4. The average Bonchev–Trinajstić information content (AvgIpc) is 3.16. The highest BCUT2D eigenvalue weighted by atomic mass is 15.2. The van der Waals surface area contributed by atoms with Crippen molar-refractivity contribution in [2.24, 2.45) is 0 Å². The Labute approximate surface area is 123 Å². The Morgan fingerprint density at radius 3 is 2.81 bits per heavy atom. The SMILES string of the molecule is c1ccc2c(c1)ncn2-c1ccnc(NC2CCCC2)n1. The van der Waals surface area contributed by atoms with Crippen molar-refractivity contribution in [2.45, 2.75) is 31.7 Å². The first kappa shape index (κ1) is 12.3. The van der Waals surface area contributed by atoms with Crippen LogP contribution >= 0.6 is 0 Å². The number of nitrogens with one attached hydrogen (secondary N) is 1. The van der Waals surface area contributed by atoms with E-state index < -0.39 is 0 Å². The van der Waals surface area contributed by atoms with Crippen molar-refractivity contribution in [1.82, 2.24) is 19.5 Å². The summed E-state index contributed by atoms with van der Waals surface area (Å²) in [6, 6.07) is 10.5. The third-order valence-electron chi connectivity index (χ3n) is 4.03. The predicted molar refractivity (Wildman–Crippen MR) is 82.5 cm³/mol. The van der Waals surface area contributed by atoms with Crippen molar-refractivity contribution in [3.8, 4) is 5.82 Å². The van der Waals surface area contributed by atoms with Crippen molar-refractivity contribution in [3.05, 3.63) is 42.9 Å². The smallest absolute Gasteiger partial charge is 0.224 e. The summed E-state index contributed by atoms with van der Waals surface area (Å²) in [5.74, 6) is 1.55. The number of fused-ring (bicyclic) bond motifs is 1. The van der Waals surface area contributed by atoms with Crippen LogP contribution < -0.4 is 5.32 Å². The molecule has 0 atom stereocenters. The van der Waals surface area contributed by atoms with Crippen molar-refractivity contribution in [1.29, 1.82) is 0 Å². The van der Waals surface area contributed by atoms with Crippen LogP contribution in [-0.4, -0.2) is 25.6 Å². The van der Waals surface area contributed by atoms with Crippen molar-refractivity contribution in [2.75, 3.05) is 5.32 Å². The lowest BCUT2D eigenvalue weighted by Gasteiger charge is -2.12. The molecule has 5 nitrogen and oxygen atoms in total. The van der Waals surface area contributed by atoms with E-state index in [2.05, 4.69) is 26.3 Å². The maximum atomic E-state index is 4.63. The molecule has 0 amide bonds. The average molecular weight is 279 g/mol. The molecule has 0 radical (unpaired) electrons. The van der Waals surface area contributed by atoms with E-state index in [9.17, 15) is 0 Å². The van der Waals surface area contributed by atoms with E-state index in [0.717, 1.165) is 16.9 Å². The second-order valence-corrected chi connectivity index (χ2v) is 5.47. The largest absolute Gasteiger partial charge is 0.351 e. The van der Waals surface area contributed by atoms with Gasteiger partial charge >= 0.3 is 0 Å². The van der Waals surface area contributed by atoms with Gasteiger partial charge in [-0.25, -0.2) is 9.97 Å². The van der Waals surface area contributed by atoms with Gasteiger partial charge in [0.25, 0.3) is 0 Å². The second-order valence-electron chi connectivity index (χ2n) is 5.47. The summed E-state index contributed by atoms with van der Waals surface area (Å²) in [5.41, 5.74) is 2.03. The number of hydrogen-bond acceptors (Lipinski definition) is 4. The summed E-state index contributed by atoms with van der Waals surface area (Å²) in [5, 5.41) is 3.44. The Kier molecular flexibility index (Phi) is 3.03. The van der Waals surface area contributed by atoms with Crippen LogP contribution in [-0.2, 0) is 0 Å². The molecule has 5 heteroatoms. The monoisotopic (exact) mass is 279 g/mol. The van der Waals surface area contributed by atoms with Crippen LogP contribution in [0.15, 0.2) is 42.9 Å². The number of anilines is 1. The van der Waals surface area contributed by atoms with E-state index in [1.165, 1.54) is 25.7 Å². The summed E-state index contributed by atoms with van der Waals surface area (Å²) >= 11 is 0. The molecule has 3 aromatic rings. The van der Waals surface area contributed by atoms with Gasteiger partial charge in [-0.15, -0.1) is 0 Å². The molecule has 106 valence electrons. The molecule has 1 aliphatic carbocycles. The van der Waals surface area contributed by atoms with Crippen molar-refractivity contribution in [3.63, 3.8) is 0 Å². The van der Waals surface area contributed by atoms with Crippen LogP contribution in [0.25, 0.3) is 16.9 Å². The van der Waals surface area contributed by atoms with E-state index in [1.807, 2.05) is 35.2 Å². The van der Waals surface area contributed by atoms with Gasteiger partial charge in [-0.05, 0) is 31.0 Å². The minimum absolute atomic E-state index is 0.514. The van der Waals surface area contributed by atoms with Crippen LogP contribution in [0.4, 0.5) is 5.95 Å². The standard InChI is InChI=1S/C16H17N5/c1-2-6-12(5-1)19-16-17-10-9-15(20-16)21-11-18-13-7-3-4-8-14(13)21/h3-4,7-12H,1-2,5-6H2,(H,17,19,20). The minimum atomic E-state index is 0.514. The van der Waals surface area contributed by atoms with Gasteiger partial charge in [0.05, 0.1) is 11.0 Å². The summed E-state index contributed by atoms with van der Waals surface area (Å²) in [6.45, 7) is 0. The van der Waals surface area contributed by atoms with Gasteiger partial charge in [0.2, 0.25) is 5.95 Å². The Morgan fingerprint density at radius 2 is 1.90 bits per heavy atom. The number of imidazole rings is 1. The molecule has 0 spiro atoms. The zero-order chi connectivity index (χ0) is 14.1. The third-order valence-corrected chi connectivity index (χ3v) is 4.03. The lowest BCUT2D eigenvalue weighted by atomic mass is 10.2. The molecule has 2 heterocycles. The molecule has 1 aliphatic rings. The normalized spacial score (nSPS) is 15.6. The number of aromatic nitrogens is 4. The fourth-order valence-electron chi connectivity index (χ4n) is 2.95. The quantitative estimate of drug-likeness (QED) is 0.800. The van der Waals surface area contributed by atoms with E-state index in [1.54, 1.807) is 6.20 Å². The van der Waals surface area contributed by atoms with Gasteiger partial charge in [0.1, 0.15) is 12.1 Å². The molecular formula is C16H17N5. The number of hydrogen-bond donors (Lipinski definition) is 1. The Morgan fingerprint density at radius 1 is 1.05 bits per heavy atom. The van der Waals surface area contributed by atoms with Crippen molar-refractivity contribution >= 4 is 17.0 Å². The number of nitrogens with zero attached hydrogens (tertiary/aromatic N) is 4. The molecule has 1 aromatic carbocycles. The summed E-state index contributed by atoms with van der Waals surface area (Å²) in [7, 11) is 0. The Bertz CT molecular complexity index is 758. The Hall–Kier alpha value is -2.43. The number of benzene rings is 1. The van der Waals surface area contributed by atoms with E-state index >= 15 is 0 Å². The van der Waals surface area contributed by atoms with Gasteiger partial charge in [-0.1, -0.05) is 25.0 Å². The molecule has 1 saturated carbocycles. The molecule has 1 N–H and O–H groups in total. The fraction of sp³-hybridized carbons (Fsp3) is 0.312. The minimum Gasteiger partial charge on any atom is -0.351 e. The highest BCUT2D eigenvalue weighted by Gasteiger charge is 2.16. The van der Waals surface area contributed by atoms with Crippen LogP contribution in [0.3, 0.4) is 0 Å². The molecule has 21 heavy (non-hydrogen) atoms. The first-order valence-corrected chi connectivity index (χ1v) is 7.42. The molecule has 1 fully saturated rings. The molecule has 0 aliphatic heterocycles. The topological polar surface area (TPSA) is 55.6 Å². The molecule has 2 aromatic heterocycles. The summed E-state index contributed by atoms with van der Waals surface area (Å²) in [4.78, 5) is 13.4. The summed E-state index contributed by atoms with van der Waals surface area (Å²) < 4.78 is 2.00. The lowest BCUT2D eigenvalue weighted by molar-refractivity contribution is 0.742. The molecular weight excluding hydrogens is 262 g/mol. The van der Waals surface area contributed by atoms with Gasteiger partial charge in [0.15, 0.2) is 0 Å². The van der Waals surface area contributed by atoms with Crippen LogP contribution in [0.1, 0.15) is 25.7 Å². The maximum Gasteiger partial charge on any atom is 0.224 e. The van der Waals surface area contributed by atoms with Gasteiger partial charge < -0.3 is 5.32 Å². The van der Waals surface area contributed by atoms with Crippen molar-refractivity contribution < 1.29 is 0 Å². The second kappa shape index (κ2) is 5.16. The van der Waals surface area contributed by atoms with E-state index in [-0.39, 0.29) is 0 Å². The third kappa shape index (κ3) is 2.35. The highest BCUT2D eigenvalue weighted by Crippen LogP contribution is 2.21. The molecule has 0 saturated heterocycles. The lowest BCUT2D eigenvalue weighted by Crippen LogP contribution is -2.17. The van der Waals surface area contributed by atoms with Crippen LogP contribution in [0.5, 0.6) is 0 Å². The van der Waals surface area contributed by atoms with E-state index in [0.29, 0.717) is 12.0 Å².